The standard InChI is InChI=1S/C54H94O6/c1-4-7-10-13-16-19-22-24-26-28-30-32-35-38-41-44-47-53(56)59-50-51(49-58-52(55)46-43-40-37-34-21-18-15-12-9-6-3)60-54(57)48-45-42-39-36-33-31-29-27-25-23-20-17-14-11-8-5-2/h7,10,16,19,24,26,30,32,38,41,51H,4-6,8-9,11-15,17-18,20-23,25,27-29,31,33-37,39-40,42-50H2,1-3H3/b10-7-,19-16-,26-24-,32-30-,41-38-. The van der Waals surface area contributed by atoms with E-state index < -0.39 is 6.10 Å². The predicted octanol–water partition coefficient (Wildman–Crippen LogP) is 16.5. The lowest BCUT2D eigenvalue weighted by Crippen LogP contribution is -2.30. The molecule has 1 unspecified atom stereocenters. The van der Waals surface area contributed by atoms with E-state index in [1.165, 1.54) is 128 Å². The van der Waals surface area contributed by atoms with E-state index in [1.807, 2.05) is 6.08 Å². The zero-order valence-electron chi connectivity index (χ0n) is 39.5. The maximum atomic E-state index is 12.8. The average molecular weight is 839 g/mol. The van der Waals surface area contributed by atoms with Crippen molar-refractivity contribution < 1.29 is 28.6 Å². The van der Waals surface area contributed by atoms with E-state index >= 15 is 0 Å². The summed E-state index contributed by atoms with van der Waals surface area (Å²) < 4.78 is 16.7. The van der Waals surface area contributed by atoms with Crippen LogP contribution >= 0.6 is 0 Å². The maximum Gasteiger partial charge on any atom is 0.306 e. The van der Waals surface area contributed by atoms with Gasteiger partial charge in [0.1, 0.15) is 13.2 Å². The molecule has 0 N–H and O–H groups in total. The first-order valence-electron chi connectivity index (χ1n) is 25.3. The Morgan fingerprint density at radius 1 is 0.350 bits per heavy atom. The Bertz CT molecular complexity index is 1100. The topological polar surface area (TPSA) is 78.9 Å². The number of allylic oxidation sites excluding steroid dienone is 10. The monoisotopic (exact) mass is 839 g/mol. The van der Waals surface area contributed by atoms with Crippen LogP contribution in [-0.4, -0.2) is 37.2 Å². The van der Waals surface area contributed by atoms with E-state index in [4.69, 9.17) is 14.2 Å². The first kappa shape index (κ1) is 57.1. The molecule has 0 rings (SSSR count). The third-order valence-electron chi connectivity index (χ3n) is 10.8. The highest BCUT2D eigenvalue weighted by Gasteiger charge is 2.19. The first-order chi connectivity index (χ1) is 29.5. The summed E-state index contributed by atoms with van der Waals surface area (Å²) in [7, 11) is 0. The van der Waals surface area contributed by atoms with Crippen LogP contribution in [0.3, 0.4) is 0 Å². The fraction of sp³-hybridized carbons (Fsp3) is 0.759. The van der Waals surface area contributed by atoms with Crippen LogP contribution in [0.2, 0.25) is 0 Å². The van der Waals surface area contributed by atoms with Crippen molar-refractivity contribution in [1.82, 2.24) is 0 Å². The highest BCUT2D eigenvalue weighted by molar-refractivity contribution is 5.71. The number of esters is 3. The fourth-order valence-corrected chi connectivity index (χ4v) is 7.02. The van der Waals surface area contributed by atoms with Gasteiger partial charge in [-0.05, 0) is 51.4 Å². The molecule has 0 amide bonds. The van der Waals surface area contributed by atoms with Crippen molar-refractivity contribution in [1.29, 1.82) is 0 Å². The van der Waals surface area contributed by atoms with Crippen LogP contribution in [0.5, 0.6) is 0 Å². The summed E-state index contributed by atoms with van der Waals surface area (Å²) in [5.74, 6) is -0.976. The van der Waals surface area contributed by atoms with Gasteiger partial charge in [0, 0.05) is 19.3 Å². The second kappa shape index (κ2) is 48.8. The molecule has 0 aromatic rings. The van der Waals surface area contributed by atoms with Crippen LogP contribution in [0.15, 0.2) is 60.8 Å². The van der Waals surface area contributed by atoms with Crippen molar-refractivity contribution in [3.63, 3.8) is 0 Å². The Kier molecular flexibility index (Phi) is 46.4. The Hall–Kier alpha value is -2.89. The Morgan fingerprint density at radius 3 is 1.02 bits per heavy atom. The third kappa shape index (κ3) is 46.2. The van der Waals surface area contributed by atoms with Crippen LogP contribution in [0.1, 0.15) is 245 Å². The number of ether oxygens (including phenoxy) is 3. The van der Waals surface area contributed by atoms with Gasteiger partial charge in [0.25, 0.3) is 0 Å². The highest BCUT2D eigenvalue weighted by Crippen LogP contribution is 2.15. The summed E-state index contributed by atoms with van der Waals surface area (Å²) >= 11 is 0. The van der Waals surface area contributed by atoms with Gasteiger partial charge in [-0.3, -0.25) is 14.4 Å². The molecular weight excluding hydrogens is 745 g/mol. The van der Waals surface area contributed by atoms with Gasteiger partial charge in [0.15, 0.2) is 6.10 Å². The molecule has 0 aliphatic heterocycles. The largest absolute Gasteiger partial charge is 0.462 e. The summed E-state index contributed by atoms with van der Waals surface area (Å²) in [6, 6.07) is 0. The van der Waals surface area contributed by atoms with Gasteiger partial charge in [-0.2, -0.15) is 0 Å². The van der Waals surface area contributed by atoms with Gasteiger partial charge in [-0.1, -0.05) is 236 Å². The molecule has 1 atom stereocenters. The van der Waals surface area contributed by atoms with Crippen molar-refractivity contribution in [2.45, 2.75) is 252 Å². The molecule has 0 saturated heterocycles. The zero-order chi connectivity index (χ0) is 43.7. The summed E-state index contributed by atoms with van der Waals surface area (Å²) in [4.78, 5) is 37.8. The molecule has 0 fully saturated rings. The minimum Gasteiger partial charge on any atom is -0.462 e. The lowest BCUT2D eigenvalue weighted by molar-refractivity contribution is -0.166. The third-order valence-corrected chi connectivity index (χ3v) is 10.8. The van der Waals surface area contributed by atoms with Gasteiger partial charge in [0.2, 0.25) is 0 Å². The second-order valence-corrected chi connectivity index (χ2v) is 16.7. The molecule has 0 aromatic heterocycles. The van der Waals surface area contributed by atoms with Crippen molar-refractivity contribution >= 4 is 17.9 Å². The van der Waals surface area contributed by atoms with Crippen molar-refractivity contribution in [2.75, 3.05) is 13.2 Å². The predicted molar refractivity (Wildman–Crippen MR) is 256 cm³/mol. The number of rotatable bonds is 45. The summed E-state index contributed by atoms with van der Waals surface area (Å²) in [6.45, 7) is 6.46. The number of unbranched alkanes of at least 4 members (excludes halogenated alkanes) is 24. The summed E-state index contributed by atoms with van der Waals surface area (Å²) in [5.41, 5.74) is 0. The molecule has 0 radical (unpaired) electrons. The normalized spacial score (nSPS) is 12.5. The lowest BCUT2D eigenvalue weighted by atomic mass is 10.0. The van der Waals surface area contributed by atoms with Gasteiger partial charge < -0.3 is 14.2 Å². The van der Waals surface area contributed by atoms with Crippen molar-refractivity contribution in [3.05, 3.63) is 60.8 Å². The van der Waals surface area contributed by atoms with Crippen molar-refractivity contribution in [3.8, 4) is 0 Å². The smallest absolute Gasteiger partial charge is 0.306 e. The lowest BCUT2D eigenvalue weighted by Gasteiger charge is -2.18. The highest BCUT2D eigenvalue weighted by atomic mass is 16.6. The molecule has 346 valence electrons. The molecule has 60 heavy (non-hydrogen) atoms. The zero-order valence-corrected chi connectivity index (χ0v) is 39.5. The number of carbonyl (C=O) groups excluding carboxylic acids is 3. The molecule has 6 nitrogen and oxygen atoms in total. The minimum atomic E-state index is -0.798. The second-order valence-electron chi connectivity index (χ2n) is 16.7. The number of hydrogen-bond acceptors (Lipinski definition) is 6. The van der Waals surface area contributed by atoms with Crippen LogP contribution in [0.4, 0.5) is 0 Å². The maximum absolute atomic E-state index is 12.8. The molecule has 6 heteroatoms. The Labute approximate surface area is 370 Å². The molecule has 0 bridgehead atoms. The van der Waals surface area contributed by atoms with Gasteiger partial charge in [-0.15, -0.1) is 0 Å². The SMILES string of the molecule is CC/C=C\C/C=C\C/C=C\C/C=C\C/C=C\CCC(=O)OCC(COC(=O)CCCCCCCCCCCC)OC(=O)CCCCCCCCCCCCCCCCCC. The molecule has 0 aliphatic rings. The Morgan fingerprint density at radius 2 is 0.650 bits per heavy atom. The van der Waals surface area contributed by atoms with Gasteiger partial charge >= 0.3 is 17.9 Å². The van der Waals surface area contributed by atoms with E-state index in [0.717, 1.165) is 70.6 Å². The molecule has 0 saturated carbocycles. The van der Waals surface area contributed by atoms with E-state index in [2.05, 4.69) is 75.5 Å². The quantitative estimate of drug-likeness (QED) is 0.0263. The molecule has 0 aromatic carbocycles. The fourth-order valence-electron chi connectivity index (χ4n) is 7.02. The summed E-state index contributed by atoms with van der Waals surface area (Å²) in [5, 5.41) is 0. The van der Waals surface area contributed by atoms with E-state index in [9.17, 15) is 14.4 Å². The van der Waals surface area contributed by atoms with Crippen LogP contribution in [0, 0.1) is 0 Å². The Balaban J connectivity index is 4.44. The minimum absolute atomic E-state index is 0.0939. The van der Waals surface area contributed by atoms with Crippen molar-refractivity contribution in [2.24, 2.45) is 0 Å². The molecule has 0 heterocycles. The van der Waals surface area contributed by atoms with E-state index in [1.54, 1.807) is 0 Å². The number of carbonyl (C=O) groups is 3. The van der Waals surface area contributed by atoms with Crippen LogP contribution in [0.25, 0.3) is 0 Å². The summed E-state index contributed by atoms with van der Waals surface area (Å²) in [6.07, 6.45) is 59.3. The van der Waals surface area contributed by atoms with Gasteiger partial charge in [0.05, 0.1) is 0 Å². The van der Waals surface area contributed by atoms with Crippen LogP contribution < -0.4 is 0 Å². The van der Waals surface area contributed by atoms with E-state index in [0.29, 0.717) is 19.3 Å². The molecule has 0 spiro atoms. The number of hydrogen-bond donors (Lipinski definition) is 0. The molecular formula is C54H94O6. The van der Waals surface area contributed by atoms with Gasteiger partial charge in [-0.25, -0.2) is 0 Å². The van der Waals surface area contributed by atoms with Crippen LogP contribution in [-0.2, 0) is 28.6 Å². The average Bonchev–Trinajstić information content (AvgIpc) is 3.24. The van der Waals surface area contributed by atoms with E-state index in [-0.39, 0.29) is 37.5 Å². The molecule has 0 aliphatic carbocycles. The first-order valence-corrected chi connectivity index (χ1v) is 25.3.